The molecule has 2 aromatic carbocycles. The maximum Gasteiger partial charge on any atom is 0.217 e. The maximum absolute atomic E-state index is 13.0. The summed E-state index contributed by atoms with van der Waals surface area (Å²) in [6.45, 7) is 4.59. The molecule has 0 aliphatic carbocycles. The van der Waals surface area contributed by atoms with Gasteiger partial charge < -0.3 is 24.2 Å². The lowest BCUT2D eigenvalue weighted by atomic mass is 9.70. The van der Waals surface area contributed by atoms with Crippen molar-refractivity contribution in [3.05, 3.63) is 87.1 Å². The molecule has 7 nitrogen and oxygen atoms in total. The second-order valence-corrected chi connectivity index (χ2v) is 11.0. The second kappa shape index (κ2) is 11.9. The Morgan fingerprint density at radius 3 is 2.38 bits per heavy atom. The molecule has 4 aromatic rings. The average molecular weight is 595 g/mol. The zero-order valence-corrected chi connectivity index (χ0v) is 25.2. The van der Waals surface area contributed by atoms with E-state index in [0.29, 0.717) is 30.3 Å². The number of aryl methyl sites for hydroxylation is 2. The van der Waals surface area contributed by atoms with Gasteiger partial charge in [-0.2, -0.15) is 0 Å². The van der Waals surface area contributed by atoms with Crippen LogP contribution in [0, 0.1) is 13.8 Å². The highest BCUT2D eigenvalue weighted by Gasteiger charge is 2.45. The minimum atomic E-state index is -1.41. The van der Waals surface area contributed by atoms with Gasteiger partial charge in [-0.25, -0.2) is 4.98 Å². The number of hydrogen-bond donors (Lipinski definition) is 1. The number of para-hydroxylation sites is 1. The van der Waals surface area contributed by atoms with Gasteiger partial charge in [-0.15, -0.1) is 0 Å². The lowest BCUT2D eigenvalue weighted by Gasteiger charge is -2.40. The van der Waals surface area contributed by atoms with Crippen LogP contribution in [0.4, 0.5) is 0 Å². The Kier molecular flexibility index (Phi) is 8.79. The van der Waals surface area contributed by atoms with Crippen molar-refractivity contribution in [1.82, 2.24) is 14.9 Å². The van der Waals surface area contributed by atoms with Crippen LogP contribution < -0.4 is 14.2 Å². The fourth-order valence-corrected chi connectivity index (χ4v) is 5.69. The molecule has 1 N–H and O–H groups in total. The predicted octanol–water partition coefficient (Wildman–Crippen LogP) is 6.01. The number of ether oxygens (including phenoxy) is 3. The van der Waals surface area contributed by atoms with Crippen molar-refractivity contribution in [2.24, 2.45) is 0 Å². The number of halogens is 1. The van der Waals surface area contributed by atoms with Gasteiger partial charge in [-0.3, -0.25) is 4.98 Å². The van der Waals surface area contributed by atoms with Gasteiger partial charge in [0.25, 0.3) is 0 Å². The summed E-state index contributed by atoms with van der Waals surface area (Å²) in [6, 6.07) is 15.7. The van der Waals surface area contributed by atoms with E-state index in [9.17, 15) is 5.11 Å². The van der Waals surface area contributed by atoms with Crippen molar-refractivity contribution in [2.75, 3.05) is 42.0 Å². The standard InChI is InChI=1S/C31H36BrN3O4/c1-19-15-20(2)33-18-25(19)31(36,13-14-35(3)4)28(23-9-8-10-27(37-5)29(23)38-6)24-17-21-16-22(32)11-12-26(21)34-30(24)39-7/h8-12,15-18,28,36H,13-14H2,1-7H3. The number of fused-ring (bicyclic) bond motifs is 1. The molecule has 2 atom stereocenters. The van der Waals surface area contributed by atoms with E-state index >= 15 is 0 Å². The van der Waals surface area contributed by atoms with Gasteiger partial charge in [0.05, 0.1) is 32.8 Å². The lowest BCUT2D eigenvalue weighted by molar-refractivity contribution is 0.00228. The van der Waals surface area contributed by atoms with E-state index in [2.05, 4.69) is 25.8 Å². The number of pyridine rings is 2. The Labute approximate surface area is 238 Å². The quantitative estimate of drug-likeness (QED) is 0.241. The first-order valence-electron chi connectivity index (χ1n) is 12.8. The highest BCUT2D eigenvalue weighted by molar-refractivity contribution is 9.10. The van der Waals surface area contributed by atoms with Gasteiger partial charge in [-0.1, -0.05) is 28.1 Å². The van der Waals surface area contributed by atoms with Crippen LogP contribution >= 0.6 is 15.9 Å². The summed E-state index contributed by atoms with van der Waals surface area (Å²) in [5, 5.41) is 14.0. The first-order valence-corrected chi connectivity index (χ1v) is 13.6. The predicted molar refractivity (Wildman–Crippen MR) is 158 cm³/mol. The van der Waals surface area contributed by atoms with Gasteiger partial charge in [0.15, 0.2) is 11.5 Å². The number of aromatic nitrogens is 2. The topological polar surface area (TPSA) is 76.9 Å². The Balaban J connectivity index is 2.13. The summed E-state index contributed by atoms with van der Waals surface area (Å²) in [5.41, 5.74) is 3.44. The molecule has 0 amide bonds. The third-order valence-electron chi connectivity index (χ3n) is 7.15. The molecule has 0 spiro atoms. The van der Waals surface area contributed by atoms with Gasteiger partial charge >= 0.3 is 0 Å². The minimum Gasteiger partial charge on any atom is -0.493 e. The first kappa shape index (κ1) is 28.8. The molecular formula is C31H36BrN3O4. The van der Waals surface area contributed by atoms with Gasteiger partial charge in [0.1, 0.15) is 5.60 Å². The molecule has 0 fully saturated rings. The van der Waals surface area contributed by atoms with Crippen molar-refractivity contribution in [1.29, 1.82) is 0 Å². The van der Waals surface area contributed by atoms with Crippen LogP contribution in [0.1, 0.15) is 40.3 Å². The Hall–Kier alpha value is -3.20. The minimum absolute atomic E-state index is 0.413. The number of methoxy groups -OCH3 is 3. The molecular weight excluding hydrogens is 558 g/mol. The van der Waals surface area contributed by atoms with E-state index in [-0.39, 0.29) is 0 Å². The van der Waals surface area contributed by atoms with Crippen LogP contribution in [0.15, 0.2) is 59.2 Å². The average Bonchev–Trinajstić information content (AvgIpc) is 2.91. The number of hydrogen-bond acceptors (Lipinski definition) is 7. The summed E-state index contributed by atoms with van der Waals surface area (Å²) in [7, 11) is 8.82. The third-order valence-corrected chi connectivity index (χ3v) is 7.64. The van der Waals surface area contributed by atoms with E-state index in [0.717, 1.165) is 43.3 Å². The van der Waals surface area contributed by atoms with Crippen molar-refractivity contribution in [3.8, 4) is 17.4 Å². The van der Waals surface area contributed by atoms with Crippen LogP contribution in [0.3, 0.4) is 0 Å². The van der Waals surface area contributed by atoms with Crippen LogP contribution in [0.5, 0.6) is 17.4 Å². The van der Waals surface area contributed by atoms with Crippen LogP contribution in [0.2, 0.25) is 0 Å². The summed E-state index contributed by atoms with van der Waals surface area (Å²) < 4.78 is 18.4. The van der Waals surface area contributed by atoms with Crippen molar-refractivity contribution in [2.45, 2.75) is 31.8 Å². The summed E-state index contributed by atoms with van der Waals surface area (Å²) in [6.07, 6.45) is 2.20. The molecule has 39 heavy (non-hydrogen) atoms. The molecule has 0 saturated heterocycles. The van der Waals surface area contributed by atoms with Crippen molar-refractivity contribution >= 4 is 26.8 Å². The van der Waals surface area contributed by atoms with Crippen LogP contribution in [-0.2, 0) is 5.60 Å². The van der Waals surface area contributed by atoms with E-state index in [1.807, 2.05) is 76.5 Å². The van der Waals surface area contributed by atoms with E-state index in [1.54, 1.807) is 27.5 Å². The summed E-state index contributed by atoms with van der Waals surface area (Å²) >= 11 is 3.59. The highest BCUT2D eigenvalue weighted by atomic mass is 79.9. The Morgan fingerprint density at radius 2 is 1.74 bits per heavy atom. The lowest BCUT2D eigenvalue weighted by Crippen LogP contribution is -2.38. The Bertz CT molecular complexity index is 1480. The maximum atomic E-state index is 13.0. The molecule has 0 saturated carbocycles. The van der Waals surface area contributed by atoms with E-state index in [4.69, 9.17) is 19.2 Å². The van der Waals surface area contributed by atoms with Crippen LogP contribution in [-0.4, -0.2) is 61.9 Å². The summed E-state index contributed by atoms with van der Waals surface area (Å²) in [5.74, 6) is 0.906. The van der Waals surface area contributed by atoms with Gasteiger partial charge in [0.2, 0.25) is 5.88 Å². The molecule has 8 heteroatoms. The molecule has 206 valence electrons. The first-order chi connectivity index (χ1) is 18.6. The number of nitrogens with zero attached hydrogens (tertiary/aromatic N) is 3. The highest BCUT2D eigenvalue weighted by Crippen LogP contribution is 2.51. The molecule has 0 aliphatic rings. The Morgan fingerprint density at radius 1 is 0.974 bits per heavy atom. The SMILES string of the molecule is COc1cccc(C(c2cc3cc(Br)ccc3nc2OC)C(O)(CCN(C)C)c2cnc(C)cc2C)c1OC. The molecule has 0 radical (unpaired) electrons. The van der Waals surface area contributed by atoms with Crippen LogP contribution in [0.25, 0.3) is 10.9 Å². The second-order valence-electron chi connectivity index (χ2n) is 10.1. The largest absolute Gasteiger partial charge is 0.493 e. The summed E-state index contributed by atoms with van der Waals surface area (Å²) in [4.78, 5) is 11.5. The molecule has 2 heterocycles. The van der Waals surface area contributed by atoms with E-state index in [1.165, 1.54) is 0 Å². The zero-order chi connectivity index (χ0) is 28.3. The van der Waals surface area contributed by atoms with Gasteiger partial charge in [0, 0.05) is 45.0 Å². The molecule has 4 rings (SSSR count). The zero-order valence-electron chi connectivity index (χ0n) is 23.6. The molecule has 2 aromatic heterocycles. The normalized spacial score (nSPS) is 13.8. The molecule has 2 unspecified atom stereocenters. The molecule has 0 bridgehead atoms. The smallest absolute Gasteiger partial charge is 0.217 e. The number of rotatable bonds is 10. The van der Waals surface area contributed by atoms with Crippen molar-refractivity contribution in [3.63, 3.8) is 0 Å². The van der Waals surface area contributed by atoms with Gasteiger partial charge in [-0.05, 0) is 76.3 Å². The fraction of sp³-hybridized carbons (Fsp3) is 0.355. The molecule has 0 aliphatic heterocycles. The number of aliphatic hydroxyl groups is 1. The van der Waals surface area contributed by atoms with E-state index < -0.39 is 11.5 Å². The third kappa shape index (κ3) is 5.73. The number of benzene rings is 2. The monoisotopic (exact) mass is 593 g/mol. The van der Waals surface area contributed by atoms with Crippen molar-refractivity contribution < 1.29 is 19.3 Å². The fourth-order valence-electron chi connectivity index (χ4n) is 5.32.